The van der Waals surface area contributed by atoms with Crippen LogP contribution in [0.5, 0.6) is 0 Å². The third kappa shape index (κ3) is 2.66. The molecule has 0 saturated carbocycles. The molecule has 114 valence electrons. The van der Waals surface area contributed by atoms with Crippen LogP contribution in [0.2, 0.25) is 0 Å². The number of aromatic nitrogens is 2. The lowest BCUT2D eigenvalue weighted by Crippen LogP contribution is -2.13. The van der Waals surface area contributed by atoms with Gasteiger partial charge < -0.3 is 0 Å². The first-order valence-corrected chi connectivity index (χ1v) is 8.00. The van der Waals surface area contributed by atoms with E-state index in [0.717, 1.165) is 22.5 Å². The summed E-state index contributed by atoms with van der Waals surface area (Å²) in [5, 5.41) is 5.28. The highest BCUT2D eigenvalue weighted by atomic mass is 32.2. The van der Waals surface area contributed by atoms with Crippen LogP contribution in [-0.4, -0.2) is 21.1 Å². The first kappa shape index (κ1) is 14.1. The van der Waals surface area contributed by atoms with Crippen LogP contribution in [-0.2, 0) is 0 Å². The van der Waals surface area contributed by atoms with E-state index in [4.69, 9.17) is 0 Å². The van der Waals surface area contributed by atoms with Crippen LogP contribution in [0, 0.1) is 11.6 Å². The molecule has 3 aromatic rings. The minimum atomic E-state index is -0.864. The summed E-state index contributed by atoms with van der Waals surface area (Å²) in [6.45, 7) is 0. The molecule has 0 spiro atoms. The van der Waals surface area contributed by atoms with Gasteiger partial charge in [-0.3, -0.25) is 0 Å². The minimum Gasteiger partial charge on any atom is -0.221 e. The predicted octanol–water partition coefficient (Wildman–Crippen LogP) is 4.19. The van der Waals surface area contributed by atoms with Gasteiger partial charge >= 0.3 is 0 Å². The maximum atomic E-state index is 13.4. The maximum Gasteiger partial charge on any atom is 0.189 e. The first-order chi connectivity index (χ1) is 11.2. The summed E-state index contributed by atoms with van der Waals surface area (Å²) in [5.41, 5.74) is 3.12. The van der Waals surface area contributed by atoms with Crippen molar-refractivity contribution in [3.05, 3.63) is 71.9 Å². The number of nitrogens with zero attached hydrogens (tertiary/aromatic N) is 3. The Morgan fingerprint density at radius 2 is 1.78 bits per heavy atom. The predicted molar refractivity (Wildman–Crippen MR) is 86.7 cm³/mol. The van der Waals surface area contributed by atoms with E-state index in [0.29, 0.717) is 17.0 Å². The van der Waals surface area contributed by atoms with Crippen molar-refractivity contribution in [1.29, 1.82) is 0 Å². The summed E-state index contributed by atoms with van der Waals surface area (Å²) in [6, 6.07) is 13.7. The van der Waals surface area contributed by atoms with Gasteiger partial charge in [0.05, 0.1) is 17.6 Å². The Morgan fingerprint density at radius 1 is 0.957 bits per heavy atom. The Bertz CT molecular complexity index is 903. The van der Waals surface area contributed by atoms with E-state index in [2.05, 4.69) is 10.1 Å². The van der Waals surface area contributed by atoms with Gasteiger partial charge in [-0.25, -0.2) is 18.4 Å². The Morgan fingerprint density at radius 3 is 2.57 bits per heavy atom. The fourth-order valence-electron chi connectivity index (χ4n) is 2.38. The van der Waals surface area contributed by atoms with Crippen molar-refractivity contribution in [2.45, 2.75) is 5.16 Å². The van der Waals surface area contributed by atoms with E-state index in [9.17, 15) is 8.78 Å². The standard InChI is InChI=1S/C17H11F2N3S/c18-13-7-6-12(8-14(13)19)16-10-23-17-20-15(9-22(17)21-16)11-4-2-1-3-5-11/h1-9H,10H2. The number of halogens is 2. The Balaban J connectivity index is 1.72. The molecule has 0 N–H and O–H groups in total. The number of hydrogen-bond acceptors (Lipinski definition) is 3. The molecule has 23 heavy (non-hydrogen) atoms. The highest BCUT2D eigenvalue weighted by Crippen LogP contribution is 2.28. The normalized spacial score (nSPS) is 13.6. The zero-order chi connectivity index (χ0) is 15.8. The van der Waals surface area contributed by atoms with E-state index in [1.54, 1.807) is 4.68 Å². The zero-order valence-electron chi connectivity index (χ0n) is 11.9. The molecule has 3 nitrogen and oxygen atoms in total. The molecule has 0 amide bonds. The highest BCUT2D eigenvalue weighted by molar-refractivity contribution is 7.99. The van der Waals surface area contributed by atoms with Crippen LogP contribution < -0.4 is 0 Å². The zero-order valence-corrected chi connectivity index (χ0v) is 12.7. The summed E-state index contributed by atoms with van der Waals surface area (Å²) >= 11 is 1.52. The largest absolute Gasteiger partial charge is 0.221 e. The van der Waals surface area contributed by atoms with Gasteiger partial charge in [-0.1, -0.05) is 42.1 Å². The lowest BCUT2D eigenvalue weighted by molar-refractivity contribution is 0.508. The van der Waals surface area contributed by atoms with Gasteiger partial charge in [-0.2, -0.15) is 5.10 Å². The van der Waals surface area contributed by atoms with Crippen molar-refractivity contribution in [1.82, 2.24) is 9.66 Å². The molecule has 1 aliphatic heterocycles. The van der Waals surface area contributed by atoms with Crippen molar-refractivity contribution in [2.24, 2.45) is 5.10 Å². The fourth-order valence-corrected chi connectivity index (χ4v) is 3.26. The number of hydrogen-bond donors (Lipinski definition) is 0. The van der Waals surface area contributed by atoms with Crippen molar-refractivity contribution in [3.8, 4) is 11.3 Å². The number of imidazole rings is 1. The van der Waals surface area contributed by atoms with E-state index >= 15 is 0 Å². The van der Waals surface area contributed by atoms with Crippen molar-refractivity contribution >= 4 is 17.5 Å². The maximum absolute atomic E-state index is 13.4. The highest BCUT2D eigenvalue weighted by Gasteiger charge is 2.18. The molecule has 0 radical (unpaired) electrons. The average Bonchev–Trinajstić information content (AvgIpc) is 3.01. The Kier molecular flexibility index (Phi) is 3.46. The second-order valence-electron chi connectivity index (χ2n) is 5.08. The van der Waals surface area contributed by atoms with Gasteiger partial charge in [-0.05, 0) is 18.2 Å². The van der Waals surface area contributed by atoms with E-state index in [1.165, 1.54) is 23.9 Å². The number of benzene rings is 2. The van der Waals surface area contributed by atoms with Gasteiger partial charge in [0, 0.05) is 16.9 Å². The Labute approximate surface area is 135 Å². The van der Waals surface area contributed by atoms with Gasteiger partial charge in [0.25, 0.3) is 0 Å². The topological polar surface area (TPSA) is 30.2 Å². The molecular weight excluding hydrogens is 316 g/mol. The van der Waals surface area contributed by atoms with Crippen molar-refractivity contribution < 1.29 is 8.78 Å². The lowest BCUT2D eigenvalue weighted by Gasteiger charge is -2.12. The summed E-state index contributed by atoms with van der Waals surface area (Å²) in [7, 11) is 0. The molecule has 1 aliphatic rings. The van der Waals surface area contributed by atoms with Gasteiger partial charge in [0.15, 0.2) is 16.8 Å². The SMILES string of the molecule is Fc1ccc(C2=Nn3cc(-c4ccccc4)nc3SC2)cc1F. The van der Waals surface area contributed by atoms with Gasteiger partial charge in [-0.15, -0.1) is 0 Å². The van der Waals surface area contributed by atoms with E-state index in [1.807, 2.05) is 36.5 Å². The molecule has 0 saturated heterocycles. The number of fused-ring (bicyclic) bond motifs is 1. The number of thioether (sulfide) groups is 1. The molecule has 0 aliphatic carbocycles. The molecule has 2 aromatic carbocycles. The van der Waals surface area contributed by atoms with Crippen LogP contribution in [0.3, 0.4) is 0 Å². The van der Waals surface area contributed by atoms with E-state index in [-0.39, 0.29) is 0 Å². The average molecular weight is 327 g/mol. The summed E-state index contributed by atoms with van der Waals surface area (Å²) in [5.74, 6) is -1.15. The molecule has 6 heteroatoms. The molecule has 0 atom stereocenters. The molecule has 4 rings (SSSR count). The van der Waals surface area contributed by atoms with Crippen LogP contribution in [0.4, 0.5) is 8.78 Å². The monoisotopic (exact) mass is 327 g/mol. The quantitative estimate of drug-likeness (QED) is 0.706. The summed E-state index contributed by atoms with van der Waals surface area (Å²) in [4.78, 5) is 4.57. The van der Waals surface area contributed by atoms with Crippen LogP contribution in [0.15, 0.2) is 65.0 Å². The fraction of sp³-hybridized carbons (Fsp3) is 0.0588. The van der Waals surface area contributed by atoms with Gasteiger partial charge in [0.2, 0.25) is 0 Å². The molecule has 1 aromatic heterocycles. The minimum absolute atomic E-state index is 0.566. The lowest BCUT2D eigenvalue weighted by atomic mass is 10.1. The third-order valence-electron chi connectivity index (χ3n) is 3.55. The number of rotatable bonds is 2. The van der Waals surface area contributed by atoms with E-state index < -0.39 is 11.6 Å². The third-order valence-corrected chi connectivity index (χ3v) is 4.50. The molecule has 0 fully saturated rings. The van der Waals surface area contributed by atoms with Crippen LogP contribution >= 0.6 is 11.8 Å². The second-order valence-corrected chi connectivity index (χ2v) is 6.03. The van der Waals surface area contributed by atoms with Crippen molar-refractivity contribution in [3.63, 3.8) is 0 Å². The van der Waals surface area contributed by atoms with Crippen LogP contribution in [0.1, 0.15) is 5.56 Å². The summed E-state index contributed by atoms with van der Waals surface area (Å²) < 4.78 is 28.1. The molecule has 0 bridgehead atoms. The smallest absolute Gasteiger partial charge is 0.189 e. The Hall–Kier alpha value is -2.47. The molecule has 2 heterocycles. The van der Waals surface area contributed by atoms with Crippen molar-refractivity contribution in [2.75, 3.05) is 5.75 Å². The van der Waals surface area contributed by atoms with Crippen LogP contribution in [0.25, 0.3) is 11.3 Å². The first-order valence-electron chi connectivity index (χ1n) is 7.01. The van der Waals surface area contributed by atoms with Gasteiger partial charge in [0.1, 0.15) is 0 Å². The molecular formula is C17H11F2N3S. The molecule has 0 unspecified atom stereocenters. The summed E-state index contributed by atoms with van der Waals surface area (Å²) in [6.07, 6.45) is 1.84. The second kappa shape index (κ2) is 5.62.